The third-order valence-corrected chi connectivity index (χ3v) is 2.89. The van der Waals surface area contributed by atoms with E-state index in [-0.39, 0.29) is 17.9 Å². The van der Waals surface area contributed by atoms with Crippen LogP contribution in [0.5, 0.6) is 0 Å². The van der Waals surface area contributed by atoms with Crippen LogP contribution in [0.3, 0.4) is 0 Å². The lowest BCUT2D eigenvalue weighted by atomic mass is 9.88. The van der Waals surface area contributed by atoms with Crippen molar-refractivity contribution >= 4 is 11.9 Å². The molecule has 4 nitrogen and oxygen atoms in total. The molecule has 0 saturated heterocycles. The van der Waals surface area contributed by atoms with Gasteiger partial charge in [0.1, 0.15) is 0 Å². The second-order valence-electron chi connectivity index (χ2n) is 4.69. The first-order valence-electron chi connectivity index (χ1n) is 6.85. The molecule has 1 aliphatic carbocycles. The van der Waals surface area contributed by atoms with E-state index < -0.39 is 0 Å². The van der Waals surface area contributed by atoms with Gasteiger partial charge in [0, 0.05) is 11.1 Å². The van der Waals surface area contributed by atoms with Gasteiger partial charge in [0.25, 0.3) is 0 Å². The molecule has 0 radical (unpaired) electrons. The van der Waals surface area contributed by atoms with Gasteiger partial charge < -0.3 is 9.47 Å². The zero-order valence-corrected chi connectivity index (χ0v) is 11.9. The molecule has 1 rings (SSSR count). The standard InChI is InChI=1S/C15H22O4/c1-4-8-18-14(16)12-6-7-13(11(3)10-12)15(17)19-9-5-2/h6-7,11H,4-5,8-10H2,1-3H3. The summed E-state index contributed by atoms with van der Waals surface area (Å²) >= 11 is 0. The molecule has 0 amide bonds. The summed E-state index contributed by atoms with van der Waals surface area (Å²) < 4.78 is 10.2. The maximum atomic E-state index is 11.8. The lowest BCUT2D eigenvalue weighted by Gasteiger charge is -2.19. The van der Waals surface area contributed by atoms with Gasteiger partial charge in [0.05, 0.1) is 13.2 Å². The number of hydrogen-bond acceptors (Lipinski definition) is 4. The zero-order valence-electron chi connectivity index (χ0n) is 11.9. The Balaban J connectivity index is 2.67. The highest BCUT2D eigenvalue weighted by Gasteiger charge is 2.25. The predicted molar refractivity (Wildman–Crippen MR) is 72.4 cm³/mol. The molecule has 0 spiro atoms. The fraction of sp³-hybridized carbons (Fsp3) is 0.600. The average molecular weight is 266 g/mol. The van der Waals surface area contributed by atoms with Gasteiger partial charge in [-0.1, -0.05) is 32.9 Å². The van der Waals surface area contributed by atoms with Crippen LogP contribution in [-0.4, -0.2) is 25.2 Å². The quantitative estimate of drug-likeness (QED) is 0.694. The van der Waals surface area contributed by atoms with Crippen molar-refractivity contribution < 1.29 is 19.1 Å². The normalized spacial score (nSPS) is 18.4. The molecule has 0 aromatic heterocycles. The maximum absolute atomic E-state index is 11.8. The Labute approximate surface area is 114 Å². The fourth-order valence-electron chi connectivity index (χ4n) is 1.85. The second-order valence-corrected chi connectivity index (χ2v) is 4.69. The third kappa shape index (κ3) is 4.54. The lowest BCUT2D eigenvalue weighted by Crippen LogP contribution is -2.20. The number of esters is 2. The molecule has 1 unspecified atom stereocenters. The third-order valence-electron chi connectivity index (χ3n) is 2.89. The van der Waals surface area contributed by atoms with Gasteiger partial charge in [-0.25, -0.2) is 9.59 Å². The van der Waals surface area contributed by atoms with Gasteiger partial charge in [-0.3, -0.25) is 0 Å². The van der Waals surface area contributed by atoms with E-state index in [1.807, 2.05) is 20.8 Å². The topological polar surface area (TPSA) is 52.6 Å². The Kier molecular flexibility index (Phi) is 6.33. The SMILES string of the molecule is CCCOC(=O)C1=CC=C(C(=O)OCCC)C(C)C1. The summed E-state index contributed by atoms with van der Waals surface area (Å²) in [6, 6.07) is 0. The second kappa shape index (κ2) is 7.77. The van der Waals surface area contributed by atoms with E-state index in [0.717, 1.165) is 12.8 Å². The molecule has 106 valence electrons. The largest absolute Gasteiger partial charge is 0.462 e. The fourth-order valence-corrected chi connectivity index (χ4v) is 1.85. The molecule has 19 heavy (non-hydrogen) atoms. The van der Waals surface area contributed by atoms with E-state index in [1.54, 1.807) is 12.2 Å². The summed E-state index contributed by atoms with van der Waals surface area (Å²) in [6.45, 7) is 6.68. The van der Waals surface area contributed by atoms with E-state index in [2.05, 4.69) is 0 Å². The van der Waals surface area contributed by atoms with Crippen LogP contribution in [0, 0.1) is 5.92 Å². The van der Waals surface area contributed by atoms with Crippen molar-refractivity contribution in [2.75, 3.05) is 13.2 Å². The molecular formula is C15H22O4. The van der Waals surface area contributed by atoms with Crippen molar-refractivity contribution in [3.05, 3.63) is 23.3 Å². The van der Waals surface area contributed by atoms with Crippen molar-refractivity contribution in [2.45, 2.75) is 40.0 Å². The van der Waals surface area contributed by atoms with Crippen molar-refractivity contribution in [3.63, 3.8) is 0 Å². The van der Waals surface area contributed by atoms with Crippen LogP contribution in [0.25, 0.3) is 0 Å². The van der Waals surface area contributed by atoms with Crippen LogP contribution in [0.15, 0.2) is 23.3 Å². The maximum Gasteiger partial charge on any atom is 0.334 e. The molecule has 0 aliphatic heterocycles. The predicted octanol–water partition coefficient (Wildman–Crippen LogP) is 2.79. The molecule has 1 atom stereocenters. The highest BCUT2D eigenvalue weighted by atomic mass is 16.5. The smallest absolute Gasteiger partial charge is 0.334 e. The van der Waals surface area contributed by atoms with Crippen LogP contribution >= 0.6 is 0 Å². The highest BCUT2D eigenvalue weighted by molar-refractivity contribution is 5.93. The van der Waals surface area contributed by atoms with Crippen LogP contribution in [-0.2, 0) is 19.1 Å². The minimum Gasteiger partial charge on any atom is -0.462 e. The first-order valence-corrected chi connectivity index (χ1v) is 6.85. The van der Waals surface area contributed by atoms with Gasteiger partial charge >= 0.3 is 11.9 Å². The molecule has 0 aromatic carbocycles. The highest BCUT2D eigenvalue weighted by Crippen LogP contribution is 2.26. The molecule has 4 heteroatoms. The summed E-state index contributed by atoms with van der Waals surface area (Å²) in [5.41, 5.74) is 1.24. The Morgan fingerprint density at radius 3 is 2.21 bits per heavy atom. The minimum atomic E-state index is -0.286. The summed E-state index contributed by atoms with van der Waals surface area (Å²) in [5, 5.41) is 0. The molecular weight excluding hydrogens is 244 g/mol. The van der Waals surface area contributed by atoms with Gasteiger partial charge in [0.2, 0.25) is 0 Å². The van der Waals surface area contributed by atoms with Crippen molar-refractivity contribution in [3.8, 4) is 0 Å². The number of rotatable bonds is 6. The van der Waals surface area contributed by atoms with Gasteiger partial charge in [0.15, 0.2) is 0 Å². The number of allylic oxidation sites excluding steroid dienone is 2. The molecule has 0 N–H and O–H groups in total. The van der Waals surface area contributed by atoms with E-state index in [9.17, 15) is 9.59 Å². The summed E-state index contributed by atoms with van der Waals surface area (Å²) in [6.07, 6.45) is 5.47. The number of ether oxygens (including phenoxy) is 2. The molecule has 0 bridgehead atoms. The molecule has 0 saturated carbocycles. The van der Waals surface area contributed by atoms with Crippen molar-refractivity contribution in [2.24, 2.45) is 5.92 Å². The average Bonchev–Trinajstić information content (AvgIpc) is 2.41. The molecule has 0 heterocycles. The first kappa shape index (κ1) is 15.5. The van der Waals surface area contributed by atoms with Crippen molar-refractivity contribution in [1.29, 1.82) is 0 Å². The number of hydrogen-bond donors (Lipinski definition) is 0. The Hall–Kier alpha value is -1.58. The zero-order chi connectivity index (χ0) is 14.3. The monoisotopic (exact) mass is 266 g/mol. The van der Waals surface area contributed by atoms with E-state index in [1.165, 1.54) is 0 Å². The van der Waals surface area contributed by atoms with Crippen LogP contribution in [0.4, 0.5) is 0 Å². The van der Waals surface area contributed by atoms with E-state index >= 15 is 0 Å². The van der Waals surface area contributed by atoms with Crippen LogP contribution in [0.2, 0.25) is 0 Å². The van der Waals surface area contributed by atoms with Gasteiger partial charge in [-0.2, -0.15) is 0 Å². The first-order chi connectivity index (χ1) is 9.10. The lowest BCUT2D eigenvalue weighted by molar-refractivity contribution is -0.141. The van der Waals surface area contributed by atoms with Crippen LogP contribution < -0.4 is 0 Å². The summed E-state index contributed by atoms with van der Waals surface area (Å²) in [7, 11) is 0. The minimum absolute atomic E-state index is 0.0152. The Morgan fingerprint density at radius 2 is 1.68 bits per heavy atom. The molecule has 1 aliphatic rings. The van der Waals surface area contributed by atoms with E-state index in [4.69, 9.17) is 9.47 Å². The summed E-state index contributed by atoms with van der Waals surface area (Å²) in [4.78, 5) is 23.5. The molecule has 0 aromatic rings. The van der Waals surface area contributed by atoms with E-state index in [0.29, 0.717) is 30.8 Å². The number of carbonyl (C=O) groups excluding carboxylic acids is 2. The van der Waals surface area contributed by atoms with Gasteiger partial charge in [-0.05, 0) is 25.2 Å². The van der Waals surface area contributed by atoms with Crippen molar-refractivity contribution in [1.82, 2.24) is 0 Å². The van der Waals surface area contributed by atoms with Gasteiger partial charge in [-0.15, -0.1) is 0 Å². The summed E-state index contributed by atoms with van der Waals surface area (Å²) in [5.74, 6) is -0.587. The Bertz CT molecular complexity index is 393. The number of carbonyl (C=O) groups is 2. The van der Waals surface area contributed by atoms with Crippen LogP contribution in [0.1, 0.15) is 40.0 Å². The Morgan fingerprint density at radius 1 is 1.11 bits per heavy atom. The molecule has 0 fully saturated rings.